The molecule has 16 heavy (non-hydrogen) atoms. The average molecular weight is 258 g/mol. The maximum atomic E-state index is 12.9. The molecular formula is C8H6F4O3S. The topological polar surface area (TPSA) is 43.4 Å². The number of hydrogen-bond acceptors (Lipinski definition) is 3. The lowest BCUT2D eigenvalue weighted by atomic mass is 10.2. The van der Waals surface area contributed by atoms with E-state index >= 15 is 0 Å². The highest BCUT2D eigenvalue weighted by Crippen LogP contribution is 2.32. The van der Waals surface area contributed by atoms with Gasteiger partial charge in [0.2, 0.25) is 0 Å². The fourth-order valence-electron chi connectivity index (χ4n) is 0.907. The van der Waals surface area contributed by atoms with Gasteiger partial charge in [-0.15, -0.1) is 0 Å². The van der Waals surface area contributed by atoms with Crippen molar-refractivity contribution in [2.45, 2.75) is 6.18 Å². The number of benzene rings is 1. The largest absolute Gasteiger partial charge is 0.416 e. The van der Waals surface area contributed by atoms with Crippen LogP contribution >= 0.6 is 0 Å². The molecule has 0 aromatic heterocycles. The van der Waals surface area contributed by atoms with E-state index in [0.717, 1.165) is 0 Å². The summed E-state index contributed by atoms with van der Waals surface area (Å²) < 4.78 is 74.9. The Morgan fingerprint density at radius 1 is 1.25 bits per heavy atom. The van der Waals surface area contributed by atoms with E-state index < -0.39 is 33.4 Å². The van der Waals surface area contributed by atoms with Gasteiger partial charge in [-0.25, -0.2) is 4.39 Å². The monoisotopic (exact) mass is 258 g/mol. The molecule has 0 saturated heterocycles. The van der Waals surface area contributed by atoms with E-state index in [1.54, 1.807) is 0 Å². The van der Waals surface area contributed by atoms with Gasteiger partial charge in [-0.2, -0.15) is 21.6 Å². The molecule has 1 rings (SSSR count). The van der Waals surface area contributed by atoms with Crippen LogP contribution in [0.1, 0.15) is 5.56 Å². The smallest absolute Gasteiger partial charge is 0.379 e. The Labute approximate surface area is 88.8 Å². The van der Waals surface area contributed by atoms with E-state index in [4.69, 9.17) is 0 Å². The molecule has 0 saturated carbocycles. The van der Waals surface area contributed by atoms with E-state index in [9.17, 15) is 26.0 Å². The summed E-state index contributed by atoms with van der Waals surface area (Å²) in [6.07, 6.45) is -4.09. The van der Waals surface area contributed by atoms with Crippen molar-refractivity contribution >= 4 is 10.1 Å². The molecule has 0 radical (unpaired) electrons. The van der Waals surface area contributed by atoms with Crippen LogP contribution in [0.5, 0.6) is 5.75 Å². The fraction of sp³-hybridized carbons (Fsp3) is 0.250. The molecule has 1 aromatic carbocycles. The van der Waals surface area contributed by atoms with E-state index in [-0.39, 0.29) is 6.07 Å². The summed E-state index contributed by atoms with van der Waals surface area (Å²) in [5.74, 6) is -2.16. The van der Waals surface area contributed by atoms with Crippen molar-refractivity contribution in [2.75, 3.05) is 6.26 Å². The third kappa shape index (κ3) is 3.37. The summed E-state index contributed by atoms with van der Waals surface area (Å²) >= 11 is 0. The van der Waals surface area contributed by atoms with Crippen LogP contribution < -0.4 is 4.18 Å². The van der Waals surface area contributed by atoms with E-state index in [1.807, 2.05) is 0 Å². The van der Waals surface area contributed by atoms with Gasteiger partial charge in [0.1, 0.15) is 0 Å². The maximum Gasteiger partial charge on any atom is 0.416 e. The predicted molar refractivity (Wildman–Crippen MR) is 46.9 cm³/mol. The van der Waals surface area contributed by atoms with Crippen LogP contribution in [0.4, 0.5) is 17.6 Å². The molecular weight excluding hydrogens is 252 g/mol. The van der Waals surface area contributed by atoms with Crippen LogP contribution in [0.3, 0.4) is 0 Å². The molecule has 8 heteroatoms. The molecule has 0 unspecified atom stereocenters. The zero-order chi connectivity index (χ0) is 12.6. The second-order valence-corrected chi connectivity index (χ2v) is 4.51. The van der Waals surface area contributed by atoms with E-state index in [0.29, 0.717) is 18.4 Å². The van der Waals surface area contributed by atoms with Gasteiger partial charge in [-0.1, -0.05) is 0 Å². The van der Waals surface area contributed by atoms with Gasteiger partial charge < -0.3 is 4.18 Å². The molecule has 1 aromatic rings. The second-order valence-electron chi connectivity index (χ2n) is 2.93. The van der Waals surface area contributed by atoms with Crippen molar-refractivity contribution in [2.24, 2.45) is 0 Å². The highest BCUT2D eigenvalue weighted by molar-refractivity contribution is 7.86. The molecule has 0 aliphatic carbocycles. The lowest BCUT2D eigenvalue weighted by Gasteiger charge is -2.09. The molecule has 0 fully saturated rings. The van der Waals surface area contributed by atoms with Gasteiger partial charge in [0.25, 0.3) is 0 Å². The molecule has 3 nitrogen and oxygen atoms in total. The summed E-state index contributed by atoms with van der Waals surface area (Å²) in [5, 5.41) is 0. The Morgan fingerprint density at radius 3 is 2.25 bits per heavy atom. The number of halogens is 4. The third-order valence-corrected chi connectivity index (χ3v) is 1.98. The van der Waals surface area contributed by atoms with Crippen LogP contribution in [0.2, 0.25) is 0 Å². The molecule has 0 aliphatic rings. The van der Waals surface area contributed by atoms with Crippen molar-refractivity contribution in [1.82, 2.24) is 0 Å². The summed E-state index contributed by atoms with van der Waals surface area (Å²) in [6.45, 7) is 0. The minimum atomic E-state index is -4.69. The Bertz CT molecular complexity index is 492. The van der Waals surface area contributed by atoms with E-state index in [2.05, 4.69) is 4.18 Å². The first-order valence-electron chi connectivity index (χ1n) is 3.86. The predicted octanol–water partition coefficient (Wildman–Crippen LogP) is 2.18. The second kappa shape index (κ2) is 3.93. The van der Waals surface area contributed by atoms with Gasteiger partial charge in [0.05, 0.1) is 11.8 Å². The van der Waals surface area contributed by atoms with Crippen LogP contribution in [0.15, 0.2) is 18.2 Å². The zero-order valence-electron chi connectivity index (χ0n) is 7.88. The van der Waals surface area contributed by atoms with Gasteiger partial charge in [-0.3, -0.25) is 0 Å². The van der Waals surface area contributed by atoms with E-state index in [1.165, 1.54) is 0 Å². The first kappa shape index (κ1) is 12.8. The van der Waals surface area contributed by atoms with Crippen molar-refractivity contribution in [3.8, 4) is 5.75 Å². The summed E-state index contributed by atoms with van der Waals surface area (Å²) in [6, 6.07) is 1.27. The zero-order valence-corrected chi connectivity index (χ0v) is 8.69. The SMILES string of the molecule is CS(=O)(=O)Oc1cc(C(F)(F)F)ccc1F. The fourth-order valence-corrected chi connectivity index (χ4v) is 1.36. The maximum absolute atomic E-state index is 12.9. The Kier molecular flexibility index (Phi) is 3.13. The first-order valence-corrected chi connectivity index (χ1v) is 5.67. The highest BCUT2D eigenvalue weighted by Gasteiger charge is 2.31. The molecule has 0 aliphatic heterocycles. The minimum Gasteiger partial charge on any atom is -0.379 e. The molecule has 0 spiro atoms. The number of hydrogen-bond donors (Lipinski definition) is 0. The molecule has 90 valence electrons. The summed E-state index contributed by atoms with van der Waals surface area (Å²) in [4.78, 5) is 0. The van der Waals surface area contributed by atoms with Gasteiger partial charge >= 0.3 is 16.3 Å². The van der Waals surface area contributed by atoms with Crippen molar-refractivity contribution < 1.29 is 30.2 Å². The summed E-state index contributed by atoms with van der Waals surface area (Å²) in [7, 11) is -4.07. The third-order valence-electron chi connectivity index (χ3n) is 1.50. The summed E-state index contributed by atoms with van der Waals surface area (Å²) in [5.41, 5.74) is -1.19. The van der Waals surface area contributed by atoms with Crippen molar-refractivity contribution in [3.63, 3.8) is 0 Å². The molecule has 0 bridgehead atoms. The number of rotatable bonds is 2. The molecule has 0 amide bonds. The van der Waals surface area contributed by atoms with Crippen molar-refractivity contribution in [3.05, 3.63) is 29.6 Å². The van der Waals surface area contributed by atoms with Crippen LogP contribution in [-0.4, -0.2) is 14.7 Å². The average Bonchev–Trinajstić information content (AvgIpc) is 2.04. The van der Waals surface area contributed by atoms with Crippen LogP contribution in [0.25, 0.3) is 0 Å². The van der Waals surface area contributed by atoms with Crippen molar-refractivity contribution in [1.29, 1.82) is 0 Å². The molecule has 0 N–H and O–H groups in total. The lowest BCUT2D eigenvalue weighted by Crippen LogP contribution is -2.10. The Balaban J connectivity index is 3.20. The molecule has 0 heterocycles. The number of alkyl halides is 3. The Morgan fingerprint density at radius 2 is 1.81 bits per heavy atom. The van der Waals surface area contributed by atoms with Gasteiger partial charge in [-0.05, 0) is 18.2 Å². The quantitative estimate of drug-likeness (QED) is 0.603. The van der Waals surface area contributed by atoms with Gasteiger partial charge in [0.15, 0.2) is 11.6 Å². The first-order chi connectivity index (χ1) is 7.09. The van der Waals surface area contributed by atoms with Crippen LogP contribution in [0, 0.1) is 5.82 Å². The van der Waals surface area contributed by atoms with Gasteiger partial charge in [0, 0.05) is 0 Å². The Hall–Kier alpha value is -1.31. The van der Waals surface area contributed by atoms with Crippen LogP contribution in [-0.2, 0) is 16.3 Å². The highest BCUT2D eigenvalue weighted by atomic mass is 32.2. The minimum absolute atomic E-state index is 0.288. The standard InChI is InChI=1S/C8H6F4O3S/c1-16(13,14)15-7-4-5(8(10,11)12)2-3-6(7)9/h2-4H,1H3. The normalized spacial score (nSPS) is 12.6. The lowest BCUT2D eigenvalue weighted by molar-refractivity contribution is -0.137. The molecule has 0 atom stereocenters.